The van der Waals surface area contributed by atoms with Crippen molar-refractivity contribution >= 4 is 84.4 Å². The van der Waals surface area contributed by atoms with Gasteiger partial charge in [0, 0.05) is 9.79 Å². The minimum atomic E-state index is -1.29. The molecule has 2 N–H and O–H groups in total. The molecule has 0 amide bonds. The van der Waals surface area contributed by atoms with Crippen LogP contribution in [0.4, 0.5) is 11.4 Å². The maximum absolute atomic E-state index is 12.4. The molecule has 0 fully saturated rings. The number of benzene rings is 2. The molecular weight excluding hydrogens is 445 g/mol. The third-order valence-corrected chi connectivity index (χ3v) is 7.53. The maximum Gasteiger partial charge on any atom is 0.368 e. The molecule has 0 spiro atoms. The van der Waals surface area contributed by atoms with E-state index in [1.165, 1.54) is 23.5 Å². The van der Waals surface area contributed by atoms with Gasteiger partial charge in [-0.25, -0.2) is 9.59 Å². The molecule has 0 saturated carbocycles. The van der Waals surface area contributed by atoms with Crippen LogP contribution in [0.25, 0.3) is 0 Å². The molecule has 0 aliphatic carbocycles. The molecule has 2 aliphatic heterocycles. The zero-order valence-electron chi connectivity index (χ0n) is 13.4. The first-order valence-electron chi connectivity index (χ1n) is 7.57. The predicted octanol–water partition coefficient (Wildman–Crippen LogP) is 4.24. The van der Waals surface area contributed by atoms with Gasteiger partial charge in [-0.3, -0.25) is 0 Å². The van der Waals surface area contributed by atoms with Crippen molar-refractivity contribution in [1.82, 2.24) is 0 Å². The first-order valence-corrected chi connectivity index (χ1v) is 10.8. The van der Waals surface area contributed by atoms with E-state index in [0.29, 0.717) is 12.3 Å². The van der Waals surface area contributed by atoms with Crippen molar-refractivity contribution in [1.29, 1.82) is 0 Å². The van der Waals surface area contributed by atoms with Crippen molar-refractivity contribution in [2.45, 2.75) is 18.2 Å². The molecule has 11 heteroatoms. The first-order chi connectivity index (χ1) is 12.9. The molecule has 0 saturated heterocycles. The Kier molecular flexibility index (Phi) is 5.14. The third kappa shape index (κ3) is 3.70. The number of carbonyl (C=O) groups excluding carboxylic acids is 2. The largest absolute Gasteiger partial charge is 0.368 e. The molecule has 2 aromatic rings. The smallest absolute Gasteiger partial charge is 0.352 e. The highest BCUT2D eigenvalue weighted by Crippen LogP contribution is 2.50. The summed E-state index contributed by atoms with van der Waals surface area (Å²) in [5, 5.41) is 5.98. The Morgan fingerprint density at radius 1 is 0.815 bits per heavy atom. The van der Waals surface area contributed by atoms with Crippen LogP contribution in [0.2, 0.25) is 0 Å². The zero-order chi connectivity index (χ0) is 19.1. The van der Waals surface area contributed by atoms with Gasteiger partial charge in [0.25, 0.3) is 12.3 Å². The van der Waals surface area contributed by atoms with Crippen LogP contribution in [0.5, 0.6) is 0 Å². The molecule has 2 heterocycles. The van der Waals surface area contributed by atoms with Crippen LogP contribution in [0.1, 0.15) is 0 Å². The van der Waals surface area contributed by atoms with Crippen LogP contribution < -0.4 is 10.6 Å². The summed E-state index contributed by atoms with van der Waals surface area (Å²) >= 11 is 11.5. The number of thiol groups is 2. The van der Waals surface area contributed by atoms with Crippen molar-refractivity contribution in [2.75, 3.05) is 10.6 Å². The molecule has 2 atom stereocenters. The minimum Gasteiger partial charge on any atom is -0.352 e. The van der Waals surface area contributed by atoms with E-state index in [2.05, 4.69) is 35.9 Å². The van der Waals surface area contributed by atoms with Crippen LogP contribution >= 0.6 is 61.1 Å². The summed E-state index contributed by atoms with van der Waals surface area (Å²) in [5.41, 5.74) is 1.57. The maximum atomic E-state index is 12.4. The monoisotopic (exact) mass is 456 g/mol. The molecule has 140 valence electrons. The van der Waals surface area contributed by atoms with Crippen molar-refractivity contribution in [2.24, 2.45) is 0 Å². The lowest BCUT2D eigenvalue weighted by molar-refractivity contribution is -0.135. The second-order valence-electron chi connectivity index (χ2n) is 5.54. The third-order valence-electron chi connectivity index (χ3n) is 3.67. The number of hydrogen-bond acceptors (Lipinski definition) is 11. The van der Waals surface area contributed by atoms with E-state index in [0.717, 1.165) is 21.2 Å². The second kappa shape index (κ2) is 7.28. The van der Waals surface area contributed by atoms with Gasteiger partial charge < -0.3 is 19.0 Å². The Labute approximate surface area is 179 Å². The lowest BCUT2D eigenvalue weighted by atomic mass is 10.3. The fourth-order valence-corrected chi connectivity index (χ4v) is 5.95. The van der Waals surface area contributed by atoms with Gasteiger partial charge in [-0.15, -0.1) is 25.3 Å². The molecule has 2 unspecified atom stereocenters. The number of fused-ring (bicyclic) bond motifs is 2. The average Bonchev–Trinajstić information content (AvgIpc) is 3.18. The highest BCUT2D eigenvalue weighted by molar-refractivity contribution is 8.13. The van der Waals surface area contributed by atoms with Gasteiger partial charge in [-0.2, -0.15) is 0 Å². The van der Waals surface area contributed by atoms with E-state index in [9.17, 15) is 9.59 Å². The van der Waals surface area contributed by atoms with E-state index in [1.807, 2.05) is 48.5 Å². The molecule has 0 radical (unpaired) electrons. The second-order valence-corrected chi connectivity index (χ2v) is 10.5. The van der Waals surface area contributed by atoms with E-state index in [1.54, 1.807) is 0 Å². The molecular formula is C16H12N2O4S5. The number of rotatable bonds is 4. The summed E-state index contributed by atoms with van der Waals surface area (Å²) in [5.74, 6) is -1.37. The highest BCUT2D eigenvalue weighted by Gasteiger charge is 2.46. The molecule has 27 heavy (non-hydrogen) atoms. The van der Waals surface area contributed by atoms with Gasteiger partial charge in [0.1, 0.15) is 0 Å². The summed E-state index contributed by atoms with van der Waals surface area (Å²) in [6.07, 6.45) is 0. The van der Waals surface area contributed by atoms with E-state index >= 15 is 0 Å². The van der Waals surface area contributed by atoms with Crippen LogP contribution in [0.15, 0.2) is 58.3 Å². The average molecular weight is 457 g/mol. The molecule has 2 aromatic carbocycles. The first kappa shape index (κ1) is 19.1. The van der Waals surface area contributed by atoms with Crippen molar-refractivity contribution in [3.8, 4) is 0 Å². The number of anilines is 2. The van der Waals surface area contributed by atoms with Gasteiger partial charge in [-0.05, 0) is 24.3 Å². The van der Waals surface area contributed by atoms with Gasteiger partial charge in [-0.1, -0.05) is 47.8 Å². The number of carbonyl (C=O) groups is 2. The Balaban J connectivity index is 1.31. The molecule has 4 rings (SSSR count). The van der Waals surface area contributed by atoms with Crippen molar-refractivity contribution in [3.05, 3.63) is 48.5 Å². The van der Waals surface area contributed by atoms with Gasteiger partial charge in [0.05, 0.1) is 11.4 Å². The van der Waals surface area contributed by atoms with E-state index in [4.69, 9.17) is 8.37 Å². The van der Waals surface area contributed by atoms with Gasteiger partial charge in [0.15, 0.2) is 0 Å². The molecule has 0 bridgehead atoms. The van der Waals surface area contributed by atoms with E-state index in [-0.39, 0.29) is 0 Å². The lowest BCUT2D eigenvalue weighted by Gasteiger charge is -2.21. The number of para-hydroxylation sites is 2. The van der Waals surface area contributed by atoms with Crippen LogP contribution in [0.3, 0.4) is 0 Å². The Bertz CT molecular complexity index is 802. The summed E-state index contributed by atoms with van der Waals surface area (Å²) < 4.78 is 7.45. The Morgan fingerprint density at radius 2 is 1.22 bits per heavy atom. The Hall–Kier alpha value is -1.27. The number of hydrogen-bond donors (Lipinski definition) is 4. The molecule has 0 aromatic heterocycles. The summed E-state index contributed by atoms with van der Waals surface area (Å²) in [7, 11) is 0. The Morgan fingerprint density at radius 3 is 1.63 bits per heavy atom. The van der Waals surface area contributed by atoms with Gasteiger partial charge in [0.2, 0.25) is 8.41 Å². The summed E-state index contributed by atoms with van der Waals surface area (Å²) in [6.45, 7) is 0. The topological polar surface area (TPSA) is 76.7 Å². The highest BCUT2D eigenvalue weighted by atomic mass is 32.2. The zero-order valence-corrected chi connectivity index (χ0v) is 17.6. The number of nitrogens with one attached hydrogen (secondary N) is 2. The fraction of sp³-hybridized carbons (Fsp3) is 0.125. The minimum absolute atomic E-state index is 0.294. The number of thioether (sulfide) groups is 2. The van der Waals surface area contributed by atoms with Crippen LogP contribution in [-0.4, -0.2) is 20.3 Å². The van der Waals surface area contributed by atoms with Crippen molar-refractivity contribution < 1.29 is 18.0 Å². The predicted molar refractivity (Wildman–Crippen MR) is 115 cm³/mol. The van der Waals surface area contributed by atoms with Gasteiger partial charge >= 0.3 is 11.9 Å². The SMILES string of the molecule is O=C(OSOC(=O)C1(S)Nc2ccccc2S1)C1(S)Nc2ccccc2S1. The quantitative estimate of drug-likeness (QED) is 0.399. The van der Waals surface area contributed by atoms with E-state index < -0.39 is 20.3 Å². The summed E-state index contributed by atoms with van der Waals surface area (Å²) in [6, 6.07) is 14.9. The fourth-order valence-electron chi connectivity index (χ4n) is 2.43. The molecule has 2 aliphatic rings. The van der Waals surface area contributed by atoms with Crippen molar-refractivity contribution in [3.63, 3.8) is 0 Å². The molecule has 6 nitrogen and oxygen atoms in total. The lowest BCUT2D eigenvalue weighted by Crippen LogP contribution is -2.36. The normalized spacial score (nSPS) is 25.0. The summed E-state index contributed by atoms with van der Waals surface area (Å²) in [4.78, 5) is 26.5. The van der Waals surface area contributed by atoms with Crippen LogP contribution in [0, 0.1) is 0 Å². The van der Waals surface area contributed by atoms with Crippen LogP contribution in [-0.2, 0) is 18.0 Å². The standard InChI is InChI=1S/C16H12N2O4S5/c19-13(15(23)17-9-5-1-3-7-11(9)25-15)21-27-22-14(20)16(24)18-10-6-2-4-8-12(10)26-16/h1-8,17-18,23-24H.